The van der Waals surface area contributed by atoms with Crippen molar-refractivity contribution in [2.75, 3.05) is 26.7 Å². The van der Waals surface area contributed by atoms with Crippen LogP contribution >= 0.6 is 0 Å². The zero-order valence-corrected chi connectivity index (χ0v) is 14.5. The Morgan fingerprint density at radius 1 is 1.36 bits per heavy atom. The standard InChI is InChI=1S/C18H24N4O3/c1-19-18(24)21-16(23)9-5-11-22-10-4-6-13(12-22)17-20-14-7-2-3-8-15(14)25-17/h2-3,7-8,13H,4-6,9-12H2,1H3,(H2,19,21,23,24)/t13-/m1/s1. The van der Waals surface area contributed by atoms with E-state index in [1.165, 1.54) is 7.05 Å². The van der Waals surface area contributed by atoms with E-state index in [0.29, 0.717) is 12.3 Å². The number of aromatic nitrogens is 1. The number of amides is 3. The second-order valence-corrected chi connectivity index (χ2v) is 6.39. The Hall–Kier alpha value is -2.41. The fourth-order valence-corrected chi connectivity index (χ4v) is 3.24. The van der Waals surface area contributed by atoms with Gasteiger partial charge in [-0.3, -0.25) is 10.1 Å². The summed E-state index contributed by atoms with van der Waals surface area (Å²) in [5, 5.41) is 4.66. The number of hydrogen-bond acceptors (Lipinski definition) is 5. The minimum atomic E-state index is -0.459. The van der Waals surface area contributed by atoms with E-state index in [4.69, 9.17) is 4.42 Å². The van der Waals surface area contributed by atoms with Gasteiger partial charge in [0.1, 0.15) is 5.52 Å². The molecule has 0 bridgehead atoms. The van der Waals surface area contributed by atoms with Gasteiger partial charge in [-0.25, -0.2) is 9.78 Å². The highest BCUT2D eigenvalue weighted by Crippen LogP contribution is 2.28. The summed E-state index contributed by atoms with van der Waals surface area (Å²) in [6, 6.07) is 7.37. The van der Waals surface area contributed by atoms with Gasteiger partial charge in [0.05, 0.1) is 0 Å². The summed E-state index contributed by atoms with van der Waals surface area (Å²) in [5.41, 5.74) is 1.74. The molecule has 2 N–H and O–H groups in total. The van der Waals surface area contributed by atoms with E-state index in [9.17, 15) is 9.59 Å². The molecule has 1 aliphatic rings. The molecular formula is C18H24N4O3. The third-order valence-corrected chi connectivity index (χ3v) is 4.52. The van der Waals surface area contributed by atoms with Gasteiger partial charge < -0.3 is 14.6 Å². The summed E-state index contributed by atoms with van der Waals surface area (Å²) in [4.78, 5) is 29.7. The van der Waals surface area contributed by atoms with E-state index in [2.05, 4.69) is 20.5 Å². The van der Waals surface area contributed by atoms with Gasteiger partial charge in [0, 0.05) is 25.9 Å². The highest BCUT2D eigenvalue weighted by molar-refractivity contribution is 5.94. The van der Waals surface area contributed by atoms with Crippen LogP contribution < -0.4 is 10.6 Å². The number of oxazole rings is 1. The van der Waals surface area contributed by atoms with Crippen LogP contribution in [-0.4, -0.2) is 48.5 Å². The van der Waals surface area contributed by atoms with E-state index >= 15 is 0 Å². The first-order chi connectivity index (χ1) is 12.2. The van der Waals surface area contributed by atoms with Crippen LogP contribution in [0, 0.1) is 0 Å². The topological polar surface area (TPSA) is 87.5 Å². The van der Waals surface area contributed by atoms with Gasteiger partial charge in [0.25, 0.3) is 0 Å². The second kappa shape index (κ2) is 8.11. The first-order valence-corrected chi connectivity index (χ1v) is 8.75. The monoisotopic (exact) mass is 344 g/mol. The minimum Gasteiger partial charge on any atom is -0.440 e. The van der Waals surface area contributed by atoms with E-state index in [0.717, 1.165) is 55.9 Å². The van der Waals surface area contributed by atoms with Crippen molar-refractivity contribution in [1.29, 1.82) is 0 Å². The summed E-state index contributed by atoms with van der Waals surface area (Å²) in [6.07, 6.45) is 3.23. The lowest BCUT2D eigenvalue weighted by Crippen LogP contribution is -2.38. The number of nitrogens with one attached hydrogen (secondary N) is 2. The molecule has 0 saturated carbocycles. The summed E-state index contributed by atoms with van der Waals surface area (Å²) in [5.74, 6) is 0.857. The fraction of sp³-hybridized carbons (Fsp3) is 0.500. The quantitative estimate of drug-likeness (QED) is 0.868. The molecule has 1 atom stereocenters. The maximum Gasteiger partial charge on any atom is 0.321 e. The average Bonchev–Trinajstić information content (AvgIpc) is 3.06. The summed E-state index contributed by atoms with van der Waals surface area (Å²) in [6.45, 7) is 2.75. The van der Waals surface area contributed by atoms with Crippen LogP contribution in [0.5, 0.6) is 0 Å². The molecule has 0 unspecified atom stereocenters. The second-order valence-electron chi connectivity index (χ2n) is 6.39. The summed E-state index contributed by atoms with van der Waals surface area (Å²) >= 11 is 0. The Labute approximate surface area is 146 Å². The number of carbonyl (C=O) groups is 2. The van der Waals surface area contributed by atoms with Crippen molar-refractivity contribution >= 4 is 23.0 Å². The first-order valence-electron chi connectivity index (χ1n) is 8.75. The molecule has 7 nitrogen and oxygen atoms in total. The van der Waals surface area contributed by atoms with Crippen LogP contribution in [-0.2, 0) is 4.79 Å². The lowest BCUT2D eigenvalue weighted by Gasteiger charge is -2.31. The van der Waals surface area contributed by atoms with Gasteiger partial charge in [-0.05, 0) is 44.5 Å². The number of piperidine rings is 1. The minimum absolute atomic E-state index is 0.244. The van der Waals surface area contributed by atoms with Crippen LogP contribution in [0.1, 0.15) is 37.5 Å². The van der Waals surface area contributed by atoms with Crippen molar-refractivity contribution in [2.24, 2.45) is 0 Å². The molecule has 3 rings (SSSR count). The molecule has 25 heavy (non-hydrogen) atoms. The number of carbonyl (C=O) groups excluding carboxylic acids is 2. The van der Waals surface area contributed by atoms with Crippen molar-refractivity contribution in [2.45, 2.75) is 31.6 Å². The molecule has 1 aromatic carbocycles. The van der Waals surface area contributed by atoms with Crippen LogP contribution in [0.2, 0.25) is 0 Å². The van der Waals surface area contributed by atoms with Gasteiger partial charge >= 0.3 is 6.03 Å². The highest BCUT2D eigenvalue weighted by Gasteiger charge is 2.25. The van der Waals surface area contributed by atoms with Crippen molar-refractivity contribution < 1.29 is 14.0 Å². The normalized spacial score (nSPS) is 18.2. The SMILES string of the molecule is CNC(=O)NC(=O)CCCN1CCC[C@@H](c2nc3ccccc3o2)C1. The summed E-state index contributed by atoms with van der Waals surface area (Å²) in [7, 11) is 1.49. The molecule has 1 fully saturated rings. The molecule has 0 aliphatic carbocycles. The number of hydrogen-bond donors (Lipinski definition) is 2. The zero-order chi connectivity index (χ0) is 17.6. The Bertz CT molecular complexity index is 710. The Morgan fingerprint density at radius 3 is 3.00 bits per heavy atom. The largest absolute Gasteiger partial charge is 0.440 e. The first kappa shape index (κ1) is 17.4. The third kappa shape index (κ3) is 4.57. The molecular weight excluding hydrogens is 320 g/mol. The predicted molar refractivity (Wildman–Crippen MR) is 94.3 cm³/mol. The number of imide groups is 1. The molecule has 3 amide bonds. The van der Waals surface area contributed by atoms with Gasteiger partial charge in [-0.15, -0.1) is 0 Å². The Balaban J connectivity index is 1.49. The van der Waals surface area contributed by atoms with Gasteiger partial charge in [-0.1, -0.05) is 12.1 Å². The number of rotatable bonds is 5. The number of fused-ring (bicyclic) bond motifs is 1. The molecule has 2 aromatic rings. The molecule has 7 heteroatoms. The molecule has 0 radical (unpaired) electrons. The number of benzene rings is 1. The van der Waals surface area contributed by atoms with Gasteiger partial charge in [0.15, 0.2) is 11.5 Å². The smallest absolute Gasteiger partial charge is 0.321 e. The third-order valence-electron chi connectivity index (χ3n) is 4.52. The molecule has 2 heterocycles. The van der Waals surface area contributed by atoms with Crippen molar-refractivity contribution in [3.63, 3.8) is 0 Å². The average molecular weight is 344 g/mol. The zero-order valence-electron chi connectivity index (χ0n) is 14.5. The number of nitrogens with zero attached hydrogens (tertiary/aromatic N) is 2. The molecule has 1 aromatic heterocycles. The van der Waals surface area contributed by atoms with Crippen LogP contribution in [0.25, 0.3) is 11.1 Å². The molecule has 0 spiro atoms. The number of para-hydroxylation sites is 2. The van der Waals surface area contributed by atoms with E-state index in [-0.39, 0.29) is 5.91 Å². The number of urea groups is 1. The van der Waals surface area contributed by atoms with Crippen molar-refractivity contribution in [3.8, 4) is 0 Å². The molecule has 1 saturated heterocycles. The van der Waals surface area contributed by atoms with Crippen LogP contribution in [0.4, 0.5) is 4.79 Å². The van der Waals surface area contributed by atoms with E-state index in [1.807, 2.05) is 24.3 Å². The van der Waals surface area contributed by atoms with E-state index in [1.54, 1.807) is 0 Å². The van der Waals surface area contributed by atoms with Gasteiger partial charge in [0.2, 0.25) is 5.91 Å². The maximum absolute atomic E-state index is 11.6. The lowest BCUT2D eigenvalue weighted by molar-refractivity contribution is -0.120. The molecule has 134 valence electrons. The highest BCUT2D eigenvalue weighted by atomic mass is 16.3. The van der Waals surface area contributed by atoms with E-state index < -0.39 is 6.03 Å². The summed E-state index contributed by atoms with van der Waals surface area (Å²) < 4.78 is 5.91. The number of likely N-dealkylation sites (tertiary alicyclic amines) is 1. The molecule has 1 aliphatic heterocycles. The van der Waals surface area contributed by atoms with Crippen LogP contribution in [0.3, 0.4) is 0 Å². The predicted octanol–water partition coefficient (Wildman–Crippen LogP) is 2.24. The van der Waals surface area contributed by atoms with Crippen LogP contribution in [0.15, 0.2) is 28.7 Å². The van der Waals surface area contributed by atoms with Gasteiger partial charge in [-0.2, -0.15) is 0 Å². The fourth-order valence-electron chi connectivity index (χ4n) is 3.24. The van der Waals surface area contributed by atoms with Crippen molar-refractivity contribution in [3.05, 3.63) is 30.2 Å². The lowest BCUT2D eigenvalue weighted by atomic mass is 9.98. The van der Waals surface area contributed by atoms with Crippen molar-refractivity contribution in [1.82, 2.24) is 20.5 Å². The maximum atomic E-state index is 11.6. The Kier molecular flexibility index (Phi) is 5.65. The Morgan fingerprint density at radius 2 is 2.20 bits per heavy atom.